The van der Waals surface area contributed by atoms with Crippen molar-refractivity contribution >= 4 is 29.4 Å². The second-order valence-electron chi connectivity index (χ2n) is 7.54. The number of rotatable bonds is 12. The number of hydrogen-bond donors (Lipinski definition) is 4. The molecule has 0 fully saturated rings. The molecule has 6 N–H and O–H groups in total. The Balaban J connectivity index is 2.75. The van der Waals surface area contributed by atoms with E-state index >= 15 is 0 Å². The van der Waals surface area contributed by atoms with Crippen molar-refractivity contribution in [1.29, 1.82) is 0 Å². The van der Waals surface area contributed by atoms with Crippen LogP contribution in [0.3, 0.4) is 0 Å². The largest absolute Gasteiger partial charge is 0.461 e. The molecule has 30 heavy (non-hydrogen) atoms. The third kappa shape index (κ3) is 9.51. The van der Waals surface area contributed by atoms with Gasteiger partial charge in [0, 0.05) is 31.5 Å². The minimum absolute atomic E-state index is 0.0201. The van der Waals surface area contributed by atoms with Crippen LogP contribution in [0.1, 0.15) is 45.6 Å². The normalized spacial score (nSPS) is 12.7. The molecule has 0 spiro atoms. The number of urea groups is 1. The number of carbonyl (C=O) groups excluding carboxylic acids is 4. The first-order valence-electron chi connectivity index (χ1n) is 9.95. The van der Waals surface area contributed by atoms with Crippen LogP contribution < -0.4 is 22.1 Å². The minimum atomic E-state index is -0.636. The molecule has 0 aliphatic rings. The molecular weight excluding hydrogens is 388 g/mol. The number of ether oxygens (including phenoxy) is 1. The lowest BCUT2D eigenvalue weighted by Gasteiger charge is -2.20. The van der Waals surface area contributed by atoms with Gasteiger partial charge in [-0.1, -0.05) is 26.0 Å². The summed E-state index contributed by atoms with van der Waals surface area (Å²) in [5, 5.41) is 5.28. The van der Waals surface area contributed by atoms with Gasteiger partial charge in [0.2, 0.25) is 5.91 Å². The van der Waals surface area contributed by atoms with Crippen molar-refractivity contribution in [3.05, 3.63) is 29.8 Å². The Bertz CT molecular complexity index is 733. The van der Waals surface area contributed by atoms with Gasteiger partial charge in [-0.3, -0.25) is 14.4 Å². The number of nitrogens with one attached hydrogen (secondary N) is 2. The zero-order valence-corrected chi connectivity index (χ0v) is 17.8. The molecule has 0 heterocycles. The van der Waals surface area contributed by atoms with E-state index in [-0.39, 0.29) is 36.6 Å². The summed E-state index contributed by atoms with van der Waals surface area (Å²) >= 11 is 0. The predicted octanol–water partition coefficient (Wildman–Crippen LogP) is 1.70. The summed E-state index contributed by atoms with van der Waals surface area (Å²) in [5.41, 5.74) is 12.3. The lowest BCUT2D eigenvalue weighted by molar-refractivity contribution is -0.142. The highest BCUT2D eigenvalue weighted by Gasteiger charge is 2.26. The Labute approximate surface area is 176 Å². The van der Waals surface area contributed by atoms with Crippen LogP contribution in [0.5, 0.6) is 0 Å². The molecule has 9 nitrogen and oxygen atoms in total. The van der Waals surface area contributed by atoms with Gasteiger partial charge in [0.25, 0.3) is 0 Å². The fourth-order valence-corrected chi connectivity index (χ4v) is 2.75. The van der Waals surface area contributed by atoms with Crippen molar-refractivity contribution in [2.75, 3.05) is 11.9 Å². The molecule has 0 aromatic heterocycles. The molecule has 0 saturated heterocycles. The molecule has 166 valence electrons. The molecule has 2 atom stereocenters. The maximum Gasteiger partial charge on any atom is 0.312 e. The Morgan fingerprint density at radius 3 is 2.27 bits per heavy atom. The number of benzene rings is 1. The van der Waals surface area contributed by atoms with Crippen LogP contribution in [0, 0.1) is 11.8 Å². The highest BCUT2D eigenvalue weighted by molar-refractivity contribution is 5.96. The molecule has 9 heteroatoms. The predicted molar refractivity (Wildman–Crippen MR) is 113 cm³/mol. The van der Waals surface area contributed by atoms with E-state index in [4.69, 9.17) is 16.2 Å². The summed E-state index contributed by atoms with van der Waals surface area (Å²) in [4.78, 5) is 46.9. The zero-order valence-electron chi connectivity index (χ0n) is 17.8. The summed E-state index contributed by atoms with van der Waals surface area (Å²) < 4.78 is 4.93. The van der Waals surface area contributed by atoms with Crippen LogP contribution in [0.2, 0.25) is 0 Å². The van der Waals surface area contributed by atoms with Gasteiger partial charge in [-0.05, 0) is 36.5 Å². The molecule has 0 radical (unpaired) electrons. The second kappa shape index (κ2) is 12.6. The number of esters is 1. The van der Waals surface area contributed by atoms with Crippen LogP contribution in [-0.2, 0) is 25.7 Å². The van der Waals surface area contributed by atoms with Gasteiger partial charge in [0.15, 0.2) is 5.78 Å². The highest BCUT2D eigenvalue weighted by atomic mass is 16.5. The van der Waals surface area contributed by atoms with Crippen molar-refractivity contribution < 1.29 is 23.9 Å². The van der Waals surface area contributed by atoms with Crippen molar-refractivity contribution in [2.45, 2.75) is 52.7 Å². The van der Waals surface area contributed by atoms with Gasteiger partial charge >= 0.3 is 12.0 Å². The van der Waals surface area contributed by atoms with Crippen molar-refractivity contribution in [1.82, 2.24) is 5.32 Å². The topological polar surface area (TPSA) is 154 Å². The monoisotopic (exact) mass is 420 g/mol. The summed E-state index contributed by atoms with van der Waals surface area (Å²) in [6, 6.07) is 5.61. The molecule has 0 bridgehead atoms. The van der Waals surface area contributed by atoms with E-state index < -0.39 is 18.0 Å². The molecule has 0 aliphatic carbocycles. The van der Waals surface area contributed by atoms with Crippen molar-refractivity contribution in [2.24, 2.45) is 23.3 Å². The zero-order chi connectivity index (χ0) is 22.7. The van der Waals surface area contributed by atoms with Gasteiger partial charge < -0.3 is 26.8 Å². The average Bonchev–Trinajstić information content (AvgIpc) is 2.68. The summed E-state index contributed by atoms with van der Waals surface area (Å²) in [5.74, 6) is -1.46. The number of carbonyl (C=O) groups is 4. The number of Topliss-reactive ketones (excluding diaryl/α,β-unsaturated/α-hetero) is 1. The lowest BCUT2D eigenvalue weighted by atomic mass is 9.90. The smallest absolute Gasteiger partial charge is 0.312 e. The fourth-order valence-electron chi connectivity index (χ4n) is 2.75. The second-order valence-corrected chi connectivity index (χ2v) is 7.54. The molecular formula is C21H32N4O5. The molecule has 0 aliphatic heterocycles. The van der Waals surface area contributed by atoms with Crippen LogP contribution >= 0.6 is 0 Å². The lowest BCUT2D eigenvalue weighted by Crippen LogP contribution is -2.38. The minimum Gasteiger partial charge on any atom is -0.461 e. The van der Waals surface area contributed by atoms with E-state index in [1.54, 1.807) is 24.3 Å². The van der Waals surface area contributed by atoms with E-state index in [2.05, 4.69) is 10.6 Å². The summed E-state index contributed by atoms with van der Waals surface area (Å²) in [6.45, 7) is 5.51. The maximum absolute atomic E-state index is 12.8. The number of nitrogens with two attached hydrogens (primary N) is 2. The molecule has 0 saturated carbocycles. The summed E-state index contributed by atoms with van der Waals surface area (Å²) in [7, 11) is 0. The van der Waals surface area contributed by atoms with E-state index in [1.165, 1.54) is 6.92 Å². The first kappa shape index (κ1) is 25.1. The first-order valence-corrected chi connectivity index (χ1v) is 9.95. The Kier molecular flexibility index (Phi) is 10.5. The average molecular weight is 421 g/mol. The molecule has 1 rings (SSSR count). The van der Waals surface area contributed by atoms with Crippen LogP contribution in [0.4, 0.5) is 10.5 Å². The standard InChI is InChI=1S/C21H32N4O5/c1-13(2)19(22)18(27)11-16(5-4-10-24-21(23)29)20(28)25-17-8-6-15(7-9-17)12-30-14(3)26/h6-9,13,16,19H,4-5,10-12,22H2,1-3H3,(H,25,28)(H3,23,24,29)/t16-,19+/m1/s1. The van der Waals surface area contributed by atoms with Gasteiger partial charge in [-0.2, -0.15) is 0 Å². The number of primary amides is 1. The van der Waals surface area contributed by atoms with Gasteiger partial charge in [-0.15, -0.1) is 0 Å². The fraction of sp³-hybridized carbons (Fsp3) is 0.524. The quantitative estimate of drug-likeness (QED) is 0.298. The van der Waals surface area contributed by atoms with Gasteiger partial charge in [0.05, 0.1) is 6.04 Å². The van der Waals surface area contributed by atoms with E-state index in [0.29, 0.717) is 25.1 Å². The number of anilines is 1. The third-order valence-electron chi connectivity index (χ3n) is 4.60. The molecule has 3 amide bonds. The highest BCUT2D eigenvalue weighted by Crippen LogP contribution is 2.18. The number of ketones is 1. The molecule has 1 aromatic carbocycles. The van der Waals surface area contributed by atoms with Crippen molar-refractivity contribution in [3.8, 4) is 0 Å². The number of hydrogen-bond acceptors (Lipinski definition) is 6. The third-order valence-corrected chi connectivity index (χ3v) is 4.60. The van der Waals surface area contributed by atoms with Gasteiger partial charge in [0.1, 0.15) is 6.61 Å². The van der Waals surface area contributed by atoms with E-state index in [0.717, 1.165) is 5.56 Å². The van der Waals surface area contributed by atoms with Crippen LogP contribution in [0.25, 0.3) is 0 Å². The van der Waals surface area contributed by atoms with E-state index in [9.17, 15) is 19.2 Å². The van der Waals surface area contributed by atoms with Crippen LogP contribution in [-0.4, -0.2) is 36.3 Å². The number of amides is 3. The summed E-state index contributed by atoms with van der Waals surface area (Å²) in [6.07, 6.45) is 0.909. The Morgan fingerprint density at radius 2 is 1.73 bits per heavy atom. The van der Waals surface area contributed by atoms with Gasteiger partial charge in [-0.25, -0.2) is 4.79 Å². The molecule has 0 unspecified atom stereocenters. The maximum atomic E-state index is 12.8. The SMILES string of the molecule is CC(=O)OCc1ccc(NC(=O)[C@H](CCCNC(N)=O)CC(=O)[C@@H](N)C(C)C)cc1. The first-order chi connectivity index (χ1) is 14.1. The van der Waals surface area contributed by atoms with Crippen molar-refractivity contribution in [3.63, 3.8) is 0 Å². The van der Waals surface area contributed by atoms with E-state index in [1.807, 2.05) is 13.8 Å². The van der Waals surface area contributed by atoms with Crippen LogP contribution in [0.15, 0.2) is 24.3 Å². The Morgan fingerprint density at radius 1 is 1.10 bits per heavy atom. The molecule has 1 aromatic rings. The Hall–Kier alpha value is -2.94.